The summed E-state index contributed by atoms with van der Waals surface area (Å²) in [6.07, 6.45) is 3.24. The maximum absolute atomic E-state index is 14.2. The second-order valence-corrected chi connectivity index (χ2v) is 9.79. The molecule has 1 aromatic rings. The number of halogens is 2. The van der Waals surface area contributed by atoms with E-state index >= 15 is 0 Å². The van der Waals surface area contributed by atoms with E-state index in [1.54, 1.807) is 17.9 Å². The molecule has 7 nitrogen and oxygen atoms in total. The third kappa shape index (κ3) is 4.81. The highest BCUT2D eigenvalue weighted by Gasteiger charge is 2.43. The smallest absolute Gasteiger partial charge is 0.407 e. The van der Waals surface area contributed by atoms with E-state index in [0.29, 0.717) is 38.0 Å². The van der Waals surface area contributed by atoms with Gasteiger partial charge in [0.05, 0.1) is 11.1 Å². The van der Waals surface area contributed by atoms with E-state index in [0.717, 1.165) is 19.3 Å². The monoisotopic (exact) mass is 479 g/mol. The Hall–Kier alpha value is -2.35. The van der Waals surface area contributed by atoms with E-state index in [1.807, 2.05) is 4.90 Å². The molecule has 1 aromatic carbocycles. The van der Waals surface area contributed by atoms with E-state index in [4.69, 9.17) is 11.6 Å². The third-order valence-electron chi connectivity index (χ3n) is 7.57. The summed E-state index contributed by atoms with van der Waals surface area (Å²) in [5, 5.41) is 9.72. The Balaban J connectivity index is 1.46. The molecular formula is C24H31ClFN3O4. The Morgan fingerprint density at radius 2 is 1.70 bits per heavy atom. The van der Waals surface area contributed by atoms with Crippen LogP contribution in [0, 0.1) is 17.7 Å². The second kappa shape index (κ2) is 9.87. The Morgan fingerprint density at radius 3 is 2.24 bits per heavy atom. The van der Waals surface area contributed by atoms with Crippen LogP contribution in [0.4, 0.5) is 9.18 Å². The van der Waals surface area contributed by atoms with Crippen LogP contribution >= 0.6 is 11.6 Å². The molecule has 4 rings (SSSR count). The van der Waals surface area contributed by atoms with Gasteiger partial charge in [0.1, 0.15) is 5.82 Å². The number of piperidine rings is 1. The van der Waals surface area contributed by atoms with Crippen LogP contribution in [0.2, 0.25) is 5.02 Å². The molecule has 0 bridgehead atoms. The van der Waals surface area contributed by atoms with E-state index in [2.05, 4.69) is 0 Å². The average Bonchev–Trinajstić information content (AvgIpc) is 3.19. The molecule has 1 N–H and O–H groups in total. The van der Waals surface area contributed by atoms with Gasteiger partial charge < -0.3 is 19.8 Å². The highest BCUT2D eigenvalue weighted by molar-refractivity contribution is 6.30. The Kier molecular flexibility index (Phi) is 7.12. The fraction of sp³-hybridized carbons (Fsp3) is 0.625. The first-order valence-electron chi connectivity index (χ1n) is 11.8. The zero-order chi connectivity index (χ0) is 23.7. The maximum Gasteiger partial charge on any atom is 0.407 e. The molecule has 0 spiro atoms. The van der Waals surface area contributed by atoms with Crippen LogP contribution in [-0.4, -0.2) is 76.5 Å². The molecule has 1 saturated carbocycles. The summed E-state index contributed by atoms with van der Waals surface area (Å²) in [4.78, 5) is 42.7. The number of carbonyl (C=O) groups is 3. The highest BCUT2D eigenvalue weighted by atomic mass is 35.5. The third-order valence-corrected chi connectivity index (χ3v) is 7.88. The number of carbonyl (C=O) groups excluding carboxylic acids is 2. The van der Waals surface area contributed by atoms with E-state index in [9.17, 15) is 23.9 Å². The fourth-order valence-corrected chi connectivity index (χ4v) is 5.50. The average molecular weight is 480 g/mol. The van der Waals surface area contributed by atoms with Gasteiger partial charge in [0, 0.05) is 50.5 Å². The van der Waals surface area contributed by atoms with Crippen LogP contribution < -0.4 is 0 Å². The molecule has 2 atom stereocenters. The van der Waals surface area contributed by atoms with Crippen LogP contribution in [0.3, 0.4) is 0 Å². The first-order valence-corrected chi connectivity index (χ1v) is 12.2. The number of hydrogen-bond donors (Lipinski definition) is 1. The van der Waals surface area contributed by atoms with Gasteiger partial charge in [-0.2, -0.15) is 0 Å². The van der Waals surface area contributed by atoms with E-state index in [-0.39, 0.29) is 47.7 Å². The topological polar surface area (TPSA) is 81.2 Å². The summed E-state index contributed by atoms with van der Waals surface area (Å²) in [5.41, 5.74) is 0.637. The van der Waals surface area contributed by atoms with Gasteiger partial charge in [0.2, 0.25) is 11.8 Å². The lowest BCUT2D eigenvalue weighted by molar-refractivity contribution is -0.143. The molecule has 2 heterocycles. The van der Waals surface area contributed by atoms with Crippen molar-refractivity contribution in [1.29, 1.82) is 0 Å². The molecule has 3 aliphatic rings. The summed E-state index contributed by atoms with van der Waals surface area (Å²) in [5.74, 6) is -0.700. The summed E-state index contributed by atoms with van der Waals surface area (Å²) in [6, 6.07) is 4.06. The molecule has 33 heavy (non-hydrogen) atoms. The largest absolute Gasteiger partial charge is 0.465 e. The highest BCUT2D eigenvalue weighted by Crippen LogP contribution is 2.35. The Labute approximate surface area is 198 Å². The van der Waals surface area contributed by atoms with Crippen molar-refractivity contribution in [1.82, 2.24) is 14.7 Å². The molecule has 2 saturated heterocycles. The molecule has 3 amide bonds. The van der Waals surface area contributed by atoms with Crippen molar-refractivity contribution in [3.8, 4) is 0 Å². The van der Waals surface area contributed by atoms with Gasteiger partial charge >= 0.3 is 6.09 Å². The number of rotatable bonds is 5. The van der Waals surface area contributed by atoms with Crippen molar-refractivity contribution < 1.29 is 23.9 Å². The minimum Gasteiger partial charge on any atom is -0.465 e. The molecule has 9 heteroatoms. The van der Waals surface area contributed by atoms with Gasteiger partial charge in [-0.25, -0.2) is 9.18 Å². The Morgan fingerprint density at radius 1 is 1.06 bits per heavy atom. The molecule has 0 aromatic heterocycles. The number of likely N-dealkylation sites (N-methyl/N-ethyl adjacent to an activating group) is 1. The quantitative estimate of drug-likeness (QED) is 0.696. The second-order valence-electron chi connectivity index (χ2n) is 9.39. The zero-order valence-corrected chi connectivity index (χ0v) is 19.6. The minimum absolute atomic E-state index is 0.00544. The zero-order valence-electron chi connectivity index (χ0n) is 18.9. The summed E-state index contributed by atoms with van der Waals surface area (Å²) < 4.78 is 14.2. The molecule has 2 aliphatic heterocycles. The van der Waals surface area contributed by atoms with Crippen LogP contribution in [0.5, 0.6) is 0 Å². The van der Waals surface area contributed by atoms with Gasteiger partial charge in [-0.05, 0) is 50.3 Å². The molecule has 0 radical (unpaired) electrons. The van der Waals surface area contributed by atoms with Crippen molar-refractivity contribution in [2.24, 2.45) is 11.8 Å². The van der Waals surface area contributed by atoms with E-state index in [1.165, 1.54) is 17.0 Å². The molecule has 1 aliphatic carbocycles. The summed E-state index contributed by atoms with van der Waals surface area (Å²) in [6.45, 7) is 3.81. The normalized spacial score (nSPS) is 24.0. The number of carboxylic acid groups (broad SMARTS) is 1. The van der Waals surface area contributed by atoms with Gasteiger partial charge in [-0.15, -0.1) is 0 Å². The van der Waals surface area contributed by atoms with Crippen LogP contribution in [0.25, 0.3) is 0 Å². The van der Waals surface area contributed by atoms with Crippen molar-refractivity contribution in [3.05, 3.63) is 34.6 Å². The number of amides is 3. The molecule has 3 fully saturated rings. The summed E-state index contributed by atoms with van der Waals surface area (Å²) in [7, 11) is 0. The maximum atomic E-state index is 14.2. The first-order chi connectivity index (χ1) is 15.8. The summed E-state index contributed by atoms with van der Waals surface area (Å²) >= 11 is 5.84. The molecule has 180 valence electrons. The number of likely N-dealkylation sites (tertiary alicyclic amines) is 2. The number of benzene rings is 1. The minimum atomic E-state index is -1.06. The number of hydrogen-bond acceptors (Lipinski definition) is 3. The van der Waals surface area contributed by atoms with Crippen LogP contribution in [-0.2, 0) is 9.59 Å². The SMILES string of the molecule is CCN(C(=O)O)[C@@H]1CN(C(=O)C2CCN(C(=O)C3CCC3)CC2)C[C@H]1c1ccc(Cl)c(F)c1. The first kappa shape index (κ1) is 23.8. The van der Waals surface area contributed by atoms with Gasteiger partial charge in [0.15, 0.2) is 0 Å². The van der Waals surface area contributed by atoms with E-state index < -0.39 is 18.0 Å². The van der Waals surface area contributed by atoms with Crippen molar-refractivity contribution in [3.63, 3.8) is 0 Å². The predicted octanol–water partition coefficient (Wildman–Crippen LogP) is 3.81. The van der Waals surface area contributed by atoms with Gasteiger partial charge in [-0.1, -0.05) is 24.1 Å². The van der Waals surface area contributed by atoms with Crippen LogP contribution in [0.1, 0.15) is 50.5 Å². The lowest BCUT2D eigenvalue weighted by Gasteiger charge is -2.37. The van der Waals surface area contributed by atoms with Gasteiger partial charge in [0.25, 0.3) is 0 Å². The molecule has 0 unspecified atom stereocenters. The van der Waals surface area contributed by atoms with Crippen molar-refractivity contribution in [2.75, 3.05) is 32.7 Å². The lowest BCUT2D eigenvalue weighted by atomic mass is 9.83. The Bertz CT molecular complexity index is 917. The van der Waals surface area contributed by atoms with Gasteiger partial charge in [-0.3, -0.25) is 9.59 Å². The van der Waals surface area contributed by atoms with Crippen molar-refractivity contribution >= 4 is 29.5 Å². The number of nitrogens with zero attached hydrogens (tertiary/aromatic N) is 3. The lowest BCUT2D eigenvalue weighted by Crippen LogP contribution is -2.47. The molecular weight excluding hydrogens is 449 g/mol. The standard InChI is InChI=1S/C24H31ClFN3O4/c1-2-29(24(32)33)21-14-28(13-18(21)17-6-7-19(25)20(26)12-17)23(31)16-8-10-27(11-9-16)22(30)15-4-3-5-15/h6-7,12,15-16,18,21H,2-5,8-11,13-14H2,1H3,(H,32,33)/t18-,21+/m0/s1. The fourth-order valence-electron chi connectivity index (χ4n) is 5.38. The van der Waals surface area contributed by atoms with Crippen molar-refractivity contribution in [2.45, 2.75) is 51.0 Å². The predicted molar refractivity (Wildman–Crippen MR) is 122 cm³/mol. The van der Waals surface area contributed by atoms with Crippen LogP contribution in [0.15, 0.2) is 18.2 Å².